The summed E-state index contributed by atoms with van der Waals surface area (Å²) in [5, 5.41) is 0. The van der Waals surface area contributed by atoms with E-state index in [2.05, 4.69) is 76.2 Å². The van der Waals surface area contributed by atoms with Gasteiger partial charge in [0.1, 0.15) is 0 Å². The predicted octanol–water partition coefficient (Wildman–Crippen LogP) is 5.80. The van der Waals surface area contributed by atoms with E-state index in [0.717, 1.165) is 23.7 Å². The normalized spacial score (nSPS) is 53.7. The van der Waals surface area contributed by atoms with Crippen LogP contribution in [0.5, 0.6) is 0 Å². The van der Waals surface area contributed by atoms with Crippen molar-refractivity contribution in [2.45, 2.75) is 51.4 Å². The van der Waals surface area contributed by atoms with Crippen LogP contribution in [0.4, 0.5) is 0 Å². The first-order valence-corrected chi connectivity index (χ1v) is 10.6. The van der Waals surface area contributed by atoms with Crippen molar-refractivity contribution in [3.63, 3.8) is 0 Å². The molecule has 2 aromatic carbocycles. The fourth-order valence-corrected chi connectivity index (χ4v) is 10.4. The highest BCUT2D eigenvalue weighted by molar-refractivity contribution is 5.66. The molecule has 0 heterocycles. The number of benzene rings is 2. The smallest absolute Gasteiger partial charge is 0.00971 e. The Labute approximate surface area is 157 Å². The van der Waals surface area contributed by atoms with Crippen molar-refractivity contribution in [3.05, 3.63) is 70.8 Å². The second-order valence-electron chi connectivity index (χ2n) is 10.7. The van der Waals surface area contributed by atoms with Gasteiger partial charge in [0.05, 0.1) is 0 Å². The molecule has 0 heteroatoms. The number of fused-ring (bicyclic) bond motifs is 1. The van der Waals surface area contributed by atoms with Gasteiger partial charge >= 0.3 is 0 Å². The van der Waals surface area contributed by atoms with Gasteiger partial charge in [-0.05, 0) is 72.3 Å². The Morgan fingerprint density at radius 3 is 1.96 bits per heavy atom. The Kier molecular flexibility index (Phi) is 2.07. The molecule has 0 saturated heterocycles. The van der Waals surface area contributed by atoms with Gasteiger partial charge in [0.15, 0.2) is 0 Å². The highest BCUT2D eigenvalue weighted by Gasteiger charge is 3.07. The molecule has 2 bridgehead atoms. The van der Waals surface area contributed by atoms with E-state index in [1.807, 2.05) is 0 Å². The van der Waals surface area contributed by atoms with Crippen LogP contribution in [0.25, 0.3) is 0 Å². The second-order valence-corrected chi connectivity index (χ2v) is 10.7. The summed E-state index contributed by atoms with van der Waals surface area (Å²) in [7, 11) is 0. The first-order chi connectivity index (χ1) is 12.4. The second kappa shape index (κ2) is 3.71. The molecule has 6 aliphatic carbocycles. The van der Waals surface area contributed by atoms with Crippen LogP contribution in [-0.4, -0.2) is 0 Å². The third-order valence-corrected chi connectivity index (χ3v) is 10.8. The van der Waals surface area contributed by atoms with Crippen LogP contribution in [0.3, 0.4) is 0 Å². The molecule has 0 nitrogen and oxygen atoms in total. The standard InChI is InChI=1S/C26H28/c1-15-5-9-17(10-6-15)25-14-13-19-20-21(25)26(18-11-7-16(2)8-12-18)22(25)23(19,3)24(20,26)4/h5-12,19-22H,13-14H2,1-4H3. The van der Waals surface area contributed by atoms with E-state index in [9.17, 15) is 0 Å². The first-order valence-electron chi connectivity index (χ1n) is 10.6. The molecular weight excluding hydrogens is 312 g/mol. The third-order valence-electron chi connectivity index (χ3n) is 10.8. The average Bonchev–Trinajstić information content (AvgIpc) is 2.63. The van der Waals surface area contributed by atoms with E-state index >= 15 is 0 Å². The summed E-state index contributed by atoms with van der Waals surface area (Å²) in [6, 6.07) is 19.3. The molecule has 0 radical (unpaired) electrons. The van der Waals surface area contributed by atoms with Crippen molar-refractivity contribution in [1.29, 1.82) is 0 Å². The molecule has 132 valence electrons. The maximum absolute atomic E-state index is 2.67. The fraction of sp³-hybridized carbons (Fsp3) is 0.538. The molecule has 26 heavy (non-hydrogen) atoms. The maximum atomic E-state index is 2.67. The van der Waals surface area contributed by atoms with Crippen LogP contribution in [-0.2, 0) is 10.8 Å². The number of aryl methyl sites for hydroxylation is 2. The zero-order valence-electron chi connectivity index (χ0n) is 16.3. The van der Waals surface area contributed by atoms with Crippen LogP contribution in [0, 0.1) is 48.3 Å². The summed E-state index contributed by atoms with van der Waals surface area (Å²) in [6.45, 7) is 9.77. The number of rotatable bonds is 2. The minimum atomic E-state index is 0.477. The molecule has 0 amide bonds. The van der Waals surface area contributed by atoms with Crippen LogP contribution in [0.15, 0.2) is 48.5 Å². The Bertz CT molecular complexity index is 915. The third kappa shape index (κ3) is 0.946. The zero-order chi connectivity index (χ0) is 17.7. The number of hydrogen-bond acceptors (Lipinski definition) is 0. The van der Waals surface area contributed by atoms with E-state index < -0.39 is 0 Å². The molecular formula is C26H28. The molecule has 8 atom stereocenters. The van der Waals surface area contributed by atoms with E-state index in [4.69, 9.17) is 0 Å². The summed E-state index contributed by atoms with van der Waals surface area (Å²) in [4.78, 5) is 0. The lowest BCUT2D eigenvalue weighted by Gasteiger charge is -3.09. The van der Waals surface area contributed by atoms with Crippen LogP contribution < -0.4 is 0 Å². The first kappa shape index (κ1) is 14.5. The molecule has 6 saturated carbocycles. The predicted molar refractivity (Wildman–Crippen MR) is 105 cm³/mol. The molecule has 0 aliphatic heterocycles. The lowest BCUT2D eigenvalue weighted by molar-refractivity contribution is -0.581. The van der Waals surface area contributed by atoms with Crippen molar-refractivity contribution >= 4 is 0 Å². The minimum absolute atomic E-state index is 0.477. The lowest BCUT2D eigenvalue weighted by Crippen LogP contribution is -3.09. The van der Waals surface area contributed by atoms with Crippen molar-refractivity contribution in [3.8, 4) is 0 Å². The van der Waals surface area contributed by atoms with Gasteiger partial charge in [0, 0.05) is 10.8 Å². The van der Waals surface area contributed by atoms with Gasteiger partial charge in [-0.3, -0.25) is 0 Å². The Morgan fingerprint density at radius 2 is 1.38 bits per heavy atom. The molecule has 6 aliphatic rings. The summed E-state index contributed by atoms with van der Waals surface area (Å²) in [5.41, 5.74) is 8.24. The van der Waals surface area contributed by atoms with Gasteiger partial charge in [-0.2, -0.15) is 0 Å². The lowest BCUT2D eigenvalue weighted by atomic mass is 8.93. The minimum Gasteiger partial charge on any atom is -0.0590 e. The highest BCUT2D eigenvalue weighted by Crippen LogP contribution is 3.08. The van der Waals surface area contributed by atoms with Gasteiger partial charge < -0.3 is 0 Å². The summed E-state index contributed by atoms with van der Waals surface area (Å²) >= 11 is 0. The topological polar surface area (TPSA) is 0 Å². The molecule has 0 aromatic heterocycles. The van der Waals surface area contributed by atoms with Gasteiger partial charge in [0.25, 0.3) is 0 Å². The summed E-state index contributed by atoms with van der Waals surface area (Å²) < 4.78 is 0. The molecule has 8 rings (SSSR count). The molecule has 0 N–H and O–H groups in total. The van der Waals surface area contributed by atoms with Gasteiger partial charge in [0.2, 0.25) is 0 Å². The Morgan fingerprint density at radius 1 is 0.808 bits per heavy atom. The SMILES string of the molecule is Cc1ccc(C23CCC4C5C2C2(c6ccc(C)cc6)C3C4(C)C52C)cc1. The molecule has 0 spiro atoms. The van der Waals surface area contributed by atoms with Crippen molar-refractivity contribution in [2.75, 3.05) is 0 Å². The van der Waals surface area contributed by atoms with Crippen molar-refractivity contribution < 1.29 is 0 Å². The molecule has 8 unspecified atom stereocenters. The van der Waals surface area contributed by atoms with Crippen LogP contribution >= 0.6 is 0 Å². The van der Waals surface area contributed by atoms with Gasteiger partial charge in [-0.1, -0.05) is 73.5 Å². The fourth-order valence-electron chi connectivity index (χ4n) is 10.4. The largest absolute Gasteiger partial charge is 0.0590 e. The zero-order valence-corrected chi connectivity index (χ0v) is 16.3. The van der Waals surface area contributed by atoms with Gasteiger partial charge in [-0.25, -0.2) is 0 Å². The van der Waals surface area contributed by atoms with Crippen LogP contribution in [0.1, 0.15) is 48.9 Å². The quantitative estimate of drug-likeness (QED) is 0.647. The van der Waals surface area contributed by atoms with E-state index in [-0.39, 0.29) is 0 Å². The van der Waals surface area contributed by atoms with Crippen LogP contribution in [0.2, 0.25) is 0 Å². The van der Waals surface area contributed by atoms with E-state index in [1.54, 1.807) is 11.1 Å². The van der Waals surface area contributed by atoms with Crippen molar-refractivity contribution in [2.24, 2.45) is 34.5 Å². The molecule has 6 fully saturated rings. The Hall–Kier alpha value is -1.56. The van der Waals surface area contributed by atoms with E-state index in [1.165, 1.54) is 24.0 Å². The average molecular weight is 341 g/mol. The van der Waals surface area contributed by atoms with Crippen molar-refractivity contribution in [1.82, 2.24) is 0 Å². The Balaban J connectivity index is 1.45. The summed E-state index contributed by atoms with van der Waals surface area (Å²) in [6.07, 6.45) is 2.91. The van der Waals surface area contributed by atoms with E-state index in [0.29, 0.717) is 21.7 Å². The molecule has 2 aromatic rings. The monoisotopic (exact) mass is 340 g/mol. The summed E-state index contributed by atoms with van der Waals surface area (Å²) in [5.74, 6) is 3.76. The van der Waals surface area contributed by atoms with Gasteiger partial charge in [-0.15, -0.1) is 0 Å². The number of hydrogen-bond donors (Lipinski definition) is 0. The highest BCUT2D eigenvalue weighted by atomic mass is 15.1. The maximum Gasteiger partial charge on any atom is 0.00971 e.